The number of benzene rings is 1. The van der Waals surface area contributed by atoms with Crippen molar-refractivity contribution in [2.24, 2.45) is 5.92 Å². The largest absolute Gasteiger partial charge is 0.323 e. The Bertz CT molecular complexity index is 587. The number of anilines is 2. The van der Waals surface area contributed by atoms with Crippen molar-refractivity contribution in [1.82, 2.24) is 4.90 Å². The van der Waals surface area contributed by atoms with Gasteiger partial charge in [-0.1, -0.05) is 19.1 Å². The van der Waals surface area contributed by atoms with Gasteiger partial charge in [-0.15, -0.1) is 0 Å². The standard InChI is InChI=1S/C17H23N3O2/c1-12-6-5-9-19(10-12)13(2)17(22)20-11-16(21)18-14-7-3-4-8-15(14)20/h3-4,7-8,12-13H,5-6,9-11H2,1-2H3,(H,18,21)/t12-,13-/m0/s1. The van der Waals surface area contributed by atoms with Gasteiger partial charge in [-0.05, 0) is 44.4 Å². The highest BCUT2D eigenvalue weighted by atomic mass is 16.2. The van der Waals surface area contributed by atoms with E-state index in [0.717, 1.165) is 25.2 Å². The molecule has 1 saturated heterocycles. The minimum atomic E-state index is -0.193. The van der Waals surface area contributed by atoms with Gasteiger partial charge in [-0.2, -0.15) is 0 Å². The Hall–Kier alpha value is -1.88. The van der Waals surface area contributed by atoms with E-state index in [0.29, 0.717) is 11.6 Å². The van der Waals surface area contributed by atoms with Gasteiger partial charge in [0.15, 0.2) is 0 Å². The lowest BCUT2D eigenvalue weighted by molar-refractivity contribution is -0.126. The minimum Gasteiger partial charge on any atom is -0.323 e. The second-order valence-corrected chi connectivity index (χ2v) is 6.41. The number of amides is 2. The van der Waals surface area contributed by atoms with E-state index in [2.05, 4.69) is 17.1 Å². The molecule has 2 heterocycles. The summed E-state index contributed by atoms with van der Waals surface area (Å²) in [6.45, 7) is 6.19. The summed E-state index contributed by atoms with van der Waals surface area (Å²) in [7, 11) is 0. The Morgan fingerprint density at radius 3 is 2.91 bits per heavy atom. The first-order chi connectivity index (χ1) is 10.6. The molecule has 2 aliphatic rings. The molecule has 5 heteroatoms. The Morgan fingerprint density at radius 2 is 2.14 bits per heavy atom. The molecule has 1 aromatic carbocycles. The highest BCUT2D eigenvalue weighted by Crippen LogP contribution is 2.30. The number of nitrogens with zero attached hydrogens (tertiary/aromatic N) is 2. The zero-order chi connectivity index (χ0) is 15.7. The van der Waals surface area contributed by atoms with Gasteiger partial charge >= 0.3 is 0 Å². The SMILES string of the molecule is C[C@H]1CCCN([C@@H](C)C(=O)N2CC(=O)Nc3ccccc32)C1. The molecule has 0 bridgehead atoms. The number of piperidine rings is 1. The lowest BCUT2D eigenvalue weighted by Gasteiger charge is -2.38. The van der Waals surface area contributed by atoms with Gasteiger partial charge in [0.2, 0.25) is 11.8 Å². The Kier molecular flexibility index (Phi) is 4.16. The van der Waals surface area contributed by atoms with Crippen LogP contribution in [0.1, 0.15) is 26.7 Å². The lowest BCUT2D eigenvalue weighted by atomic mass is 9.98. The van der Waals surface area contributed by atoms with Crippen molar-refractivity contribution in [2.45, 2.75) is 32.7 Å². The highest BCUT2D eigenvalue weighted by molar-refractivity contribution is 6.11. The summed E-state index contributed by atoms with van der Waals surface area (Å²) in [5.74, 6) is 0.503. The number of nitrogens with one attached hydrogen (secondary N) is 1. The van der Waals surface area contributed by atoms with Crippen LogP contribution in [0.25, 0.3) is 0 Å². The maximum atomic E-state index is 12.9. The van der Waals surface area contributed by atoms with Crippen LogP contribution in [0.3, 0.4) is 0 Å². The van der Waals surface area contributed by atoms with Crippen molar-refractivity contribution in [3.05, 3.63) is 24.3 Å². The molecule has 0 radical (unpaired) electrons. The summed E-state index contributed by atoms with van der Waals surface area (Å²) < 4.78 is 0. The van der Waals surface area contributed by atoms with Crippen LogP contribution in [0.4, 0.5) is 11.4 Å². The van der Waals surface area contributed by atoms with Gasteiger partial charge in [-0.25, -0.2) is 0 Å². The van der Waals surface area contributed by atoms with Gasteiger partial charge in [0.05, 0.1) is 17.4 Å². The van der Waals surface area contributed by atoms with E-state index in [9.17, 15) is 9.59 Å². The van der Waals surface area contributed by atoms with Crippen LogP contribution in [0.15, 0.2) is 24.3 Å². The summed E-state index contributed by atoms with van der Waals surface area (Å²) in [5.41, 5.74) is 1.51. The first-order valence-corrected chi connectivity index (χ1v) is 8.00. The van der Waals surface area contributed by atoms with Crippen molar-refractivity contribution in [2.75, 3.05) is 29.9 Å². The van der Waals surface area contributed by atoms with Gasteiger partial charge in [0.1, 0.15) is 6.54 Å². The van der Waals surface area contributed by atoms with E-state index >= 15 is 0 Å². The number of hydrogen-bond acceptors (Lipinski definition) is 3. The topological polar surface area (TPSA) is 52.7 Å². The fraction of sp³-hybridized carbons (Fsp3) is 0.529. The van der Waals surface area contributed by atoms with Crippen molar-refractivity contribution in [1.29, 1.82) is 0 Å². The van der Waals surface area contributed by atoms with E-state index in [1.165, 1.54) is 6.42 Å². The first kappa shape index (κ1) is 15.0. The zero-order valence-electron chi connectivity index (χ0n) is 13.2. The normalized spacial score (nSPS) is 23.6. The molecule has 22 heavy (non-hydrogen) atoms. The Balaban J connectivity index is 1.81. The van der Waals surface area contributed by atoms with Crippen LogP contribution in [0, 0.1) is 5.92 Å². The van der Waals surface area contributed by atoms with Crippen molar-refractivity contribution >= 4 is 23.2 Å². The molecule has 5 nitrogen and oxygen atoms in total. The molecule has 1 aromatic rings. The van der Waals surface area contributed by atoms with Crippen molar-refractivity contribution in [3.8, 4) is 0 Å². The molecule has 1 N–H and O–H groups in total. The molecule has 2 amide bonds. The molecule has 0 aliphatic carbocycles. The molecule has 2 atom stereocenters. The quantitative estimate of drug-likeness (QED) is 0.910. The van der Waals surface area contributed by atoms with Gasteiger partial charge in [0.25, 0.3) is 0 Å². The first-order valence-electron chi connectivity index (χ1n) is 8.00. The third kappa shape index (κ3) is 2.86. The van der Waals surface area contributed by atoms with Crippen LogP contribution in [0.5, 0.6) is 0 Å². The molecule has 2 aliphatic heterocycles. The smallest absolute Gasteiger partial charge is 0.244 e. The summed E-state index contributed by atoms with van der Waals surface area (Å²) in [6, 6.07) is 7.28. The van der Waals surface area contributed by atoms with Crippen LogP contribution < -0.4 is 10.2 Å². The van der Waals surface area contributed by atoms with Crippen LogP contribution >= 0.6 is 0 Å². The predicted molar refractivity (Wildman–Crippen MR) is 86.9 cm³/mol. The van der Waals surface area contributed by atoms with Crippen LogP contribution in [-0.2, 0) is 9.59 Å². The summed E-state index contributed by atoms with van der Waals surface area (Å²) in [6.07, 6.45) is 2.36. The summed E-state index contributed by atoms with van der Waals surface area (Å²) in [5, 5.41) is 2.82. The number of rotatable bonds is 2. The molecule has 3 rings (SSSR count). The summed E-state index contributed by atoms with van der Waals surface area (Å²) in [4.78, 5) is 28.7. The van der Waals surface area contributed by atoms with Crippen molar-refractivity contribution < 1.29 is 9.59 Å². The van der Waals surface area contributed by atoms with Crippen LogP contribution in [-0.4, -0.2) is 42.4 Å². The number of fused-ring (bicyclic) bond motifs is 1. The van der Waals surface area contributed by atoms with E-state index in [-0.39, 0.29) is 24.4 Å². The third-order valence-corrected chi connectivity index (χ3v) is 4.63. The van der Waals surface area contributed by atoms with Crippen LogP contribution in [0.2, 0.25) is 0 Å². The maximum absolute atomic E-state index is 12.9. The average molecular weight is 301 g/mol. The second-order valence-electron chi connectivity index (χ2n) is 6.41. The molecule has 0 aromatic heterocycles. The summed E-state index contributed by atoms with van der Waals surface area (Å²) >= 11 is 0. The molecule has 118 valence electrons. The molecular weight excluding hydrogens is 278 g/mol. The zero-order valence-corrected chi connectivity index (χ0v) is 13.2. The number of carbonyl (C=O) groups is 2. The molecule has 0 saturated carbocycles. The fourth-order valence-corrected chi connectivity index (χ4v) is 3.39. The van der Waals surface area contributed by atoms with Gasteiger partial charge in [0, 0.05) is 6.54 Å². The molecule has 1 fully saturated rings. The lowest BCUT2D eigenvalue weighted by Crippen LogP contribution is -2.53. The van der Waals surface area contributed by atoms with Crippen molar-refractivity contribution in [3.63, 3.8) is 0 Å². The highest BCUT2D eigenvalue weighted by Gasteiger charge is 2.33. The number of carbonyl (C=O) groups excluding carboxylic acids is 2. The molecular formula is C17H23N3O2. The predicted octanol–water partition coefficient (Wildman–Crippen LogP) is 2.09. The number of likely N-dealkylation sites (tertiary alicyclic amines) is 1. The Morgan fingerprint density at radius 1 is 1.36 bits per heavy atom. The monoisotopic (exact) mass is 301 g/mol. The Labute approximate surface area is 131 Å². The van der Waals surface area contributed by atoms with E-state index < -0.39 is 0 Å². The minimum absolute atomic E-state index is 0.0106. The number of hydrogen-bond donors (Lipinski definition) is 1. The van der Waals surface area contributed by atoms with Gasteiger partial charge in [-0.3, -0.25) is 19.4 Å². The van der Waals surface area contributed by atoms with E-state index in [1.54, 1.807) is 4.90 Å². The molecule has 0 unspecified atom stereocenters. The molecule has 0 spiro atoms. The fourth-order valence-electron chi connectivity index (χ4n) is 3.39. The number of para-hydroxylation sites is 2. The maximum Gasteiger partial charge on any atom is 0.244 e. The third-order valence-electron chi connectivity index (χ3n) is 4.63. The van der Waals surface area contributed by atoms with Gasteiger partial charge < -0.3 is 5.32 Å². The average Bonchev–Trinajstić information content (AvgIpc) is 2.52. The second kappa shape index (κ2) is 6.08. The van der Waals surface area contributed by atoms with E-state index in [4.69, 9.17) is 0 Å². The van der Waals surface area contributed by atoms with E-state index in [1.807, 2.05) is 31.2 Å².